The Morgan fingerprint density at radius 3 is 2.90 bits per heavy atom. The van der Waals surface area contributed by atoms with E-state index < -0.39 is 0 Å². The van der Waals surface area contributed by atoms with Crippen LogP contribution in [0.2, 0.25) is 0 Å². The number of aromatic nitrogens is 1. The molecule has 1 aliphatic carbocycles. The first kappa shape index (κ1) is 16.0. The first-order valence-corrected chi connectivity index (χ1v) is 8.30. The molecule has 4 N–H and O–H groups in total. The Morgan fingerprint density at radius 1 is 1.57 bits per heavy atom. The minimum atomic E-state index is -0.110. The highest BCUT2D eigenvalue weighted by Crippen LogP contribution is 2.28. The van der Waals surface area contributed by atoms with Gasteiger partial charge in [0.05, 0.1) is 0 Å². The van der Waals surface area contributed by atoms with Gasteiger partial charge in [0.2, 0.25) is 0 Å². The van der Waals surface area contributed by atoms with E-state index >= 15 is 0 Å². The number of nitrogen functional groups attached to an aromatic ring is 1. The summed E-state index contributed by atoms with van der Waals surface area (Å²) >= 11 is 1.25. The second kappa shape index (κ2) is 7.09. The number of nitrogens with two attached hydrogens (primary N) is 1. The number of nitrogens with one attached hydrogen (secondary N) is 2. The summed E-state index contributed by atoms with van der Waals surface area (Å²) in [4.78, 5) is 14.5. The molecular weight excluding hydrogens is 286 g/mol. The average Bonchev–Trinajstić information content (AvgIpc) is 3.19. The van der Waals surface area contributed by atoms with Crippen molar-refractivity contribution in [3.05, 3.63) is 5.56 Å². The van der Waals surface area contributed by atoms with Crippen molar-refractivity contribution >= 4 is 28.3 Å². The van der Waals surface area contributed by atoms with E-state index in [1.54, 1.807) is 0 Å². The van der Waals surface area contributed by atoms with Crippen molar-refractivity contribution in [3.8, 4) is 0 Å². The summed E-state index contributed by atoms with van der Waals surface area (Å²) < 4.78 is 4.10. The van der Waals surface area contributed by atoms with Crippen molar-refractivity contribution in [2.45, 2.75) is 45.2 Å². The van der Waals surface area contributed by atoms with Crippen molar-refractivity contribution in [2.75, 3.05) is 31.2 Å². The van der Waals surface area contributed by atoms with Gasteiger partial charge in [-0.3, -0.25) is 4.79 Å². The van der Waals surface area contributed by atoms with Crippen molar-refractivity contribution < 1.29 is 4.79 Å². The first-order chi connectivity index (χ1) is 10.0. The smallest absolute Gasteiger partial charge is 0.258 e. The molecule has 1 heterocycles. The zero-order valence-electron chi connectivity index (χ0n) is 13.0. The van der Waals surface area contributed by atoms with Gasteiger partial charge in [0.1, 0.15) is 10.6 Å². The highest BCUT2D eigenvalue weighted by Gasteiger charge is 2.27. The second-order valence-corrected chi connectivity index (χ2v) is 6.46. The highest BCUT2D eigenvalue weighted by atomic mass is 32.1. The molecule has 0 radical (unpaired) electrons. The summed E-state index contributed by atoms with van der Waals surface area (Å²) in [5, 5.41) is 7.02. The van der Waals surface area contributed by atoms with Gasteiger partial charge < -0.3 is 21.3 Å². The summed E-state index contributed by atoms with van der Waals surface area (Å²) in [6.45, 7) is 6.07. The fourth-order valence-corrected chi connectivity index (χ4v) is 2.74. The van der Waals surface area contributed by atoms with Crippen molar-refractivity contribution in [2.24, 2.45) is 0 Å². The van der Waals surface area contributed by atoms with E-state index in [1.807, 2.05) is 0 Å². The van der Waals surface area contributed by atoms with Gasteiger partial charge in [-0.25, -0.2) is 0 Å². The Hall–Kier alpha value is -1.34. The van der Waals surface area contributed by atoms with Gasteiger partial charge in [-0.15, -0.1) is 0 Å². The standard InChI is InChI=1S/C14H25N5OS/c1-4-9(2)19(3)8-7-16-14-11(12(15)18-21-14)13(20)17-10-5-6-10/h9-10,16H,4-8H2,1-3H3,(H2,15,18)(H,17,20). The van der Waals surface area contributed by atoms with Gasteiger partial charge in [0.25, 0.3) is 5.91 Å². The molecule has 118 valence electrons. The zero-order chi connectivity index (χ0) is 15.4. The van der Waals surface area contributed by atoms with Gasteiger partial charge in [-0.05, 0) is 44.8 Å². The molecule has 1 aliphatic rings. The minimum Gasteiger partial charge on any atom is -0.382 e. The molecule has 1 aromatic rings. The summed E-state index contributed by atoms with van der Waals surface area (Å²) in [5.74, 6) is 0.206. The van der Waals surface area contributed by atoms with Crippen LogP contribution in [0.3, 0.4) is 0 Å². The predicted octanol–water partition coefficient (Wildman–Crippen LogP) is 1.76. The Labute approximate surface area is 130 Å². The molecule has 1 amide bonds. The van der Waals surface area contributed by atoms with E-state index in [2.05, 4.69) is 40.8 Å². The van der Waals surface area contributed by atoms with Crippen LogP contribution in [0.1, 0.15) is 43.5 Å². The zero-order valence-corrected chi connectivity index (χ0v) is 13.8. The van der Waals surface area contributed by atoms with Gasteiger partial charge in [-0.2, -0.15) is 4.37 Å². The monoisotopic (exact) mass is 311 g/mol. The highest BCUT2D eigenvalue weighted by molar-refractivity contribution is 7.11. The first-order valence-electron chi connectivity index (χ1n) is 7.53. The van der Waals surface area contributed by atoms with Crippen molar-refractivity contribution in [3.63, 3.8) is 0 Å². The number of hydrogen-bond acceptors (Lipinski definition) is 6. The maximum atomic E-state index is 12.2. The lowest BCUT2D eigenvalue weighted by molar-refractivity contribution is 0.0953. The maximum absolute atomic E-state index is 12.2. The van der Waals surface area contributed by atoms with Crippen LogP contribution in [0.5, 0.6) is 0 Å². The van der Waals surface area contributed by atoms with Crippen LogP contribution in [0.15, 0.2) is 0 Å². The van der Waals surface area contributed by atoms with Gasteiger partial charge >= 0.3 is 0 Å². The Bertz CT molecular complexity index is 486. The summed E-state index contributed by atoms with van der Waals surface area (Å²) in [5.41, 5.74) is 6.33. The van der Waals surface area contributed by atoms with Crippen LogP contribution in [-0.4, -0.2) is 47.4 Å². The number of hydrogen-bond donors (Lipinski definition) is 3. The van der Waals surface area contributed by atoms with E-state index in [0.29, 0.717) is 23.5 Å². The quantitative estimate of drug-likeness (QED) is 0.681. The number of amides is 1. The third kappa shape index (κ3) is 4.31. The van der Waals surface area contributed by atoms with Crippen LogP contribution in [0, 0.1) is 0 Å². The molecular formula is C14H25N5OS. The topological polar surface area (TPSA) is 83.3 Å². The van der Waals surface area contributed by atoms with Gasteiger partial charge in [0.15, 0.2) is 5.82 Å². The lowest BCUT2D eigenvalue weighted by Crippen LogP contribution is -2.33. The fourth-order valence-electron chi connectivity index (χ4n) is 2.01. The Kier molecular flexibility index (Phi) is 5.41. The molecule has 1 atom stereocenters. The number of carbonyl (C=O) groups excluding carboxylic acids is 1. The molecule has 1 aromatic heterocycles. The number of likely N-dealkylation sites (N-methyl/N-ethyl adjacent to an activating group) is 1. The molecule has 2 rings (SSSR count). The van der Waals surface area contributed by atoms with Crippen LogP contribution < -0.4 is 16.4 Å². The van der Waals surface area contributed by atoms with Crippen LogP contribution in [0.25, 0.3) is 0 Å². The van der Waals surface area contributed by atoms with Crippen molar-refractivity contribution in [1.29, 1.82) is 0 Å². The summed E-state index contributed by atoms with van der Waals surface area (Å²) in [7, 11) is 2.11. The molecule has 21 heavy (non-hydrogen) atoms. The van der Waals surface area contributed by atoms with Gasteiger partial charge in [-0.1, -0.05) is 6.92 Å². The number of nitrogens with zero attached hydrogens (tertiary/aromatic N) is 2. The van der Waals surface area contributed by atoms with Crippen LogP contribution >= 0.6 is 11.5 Å². The Morgan fingerprint density at radius 2 is 2.29 bits per heavy atom. The molecule has 1 unspecified atom stereocenters. The van der Waals surface area contributed by atoms with Crippen LogP contribution in [-0.2, 0) is 0 Å². The van der Waals surface area contributed by atoms with E-state index in [-0.39, 0.29) is 5.91 Å². The average molecular weight is 311 g/mol. The van der Waals surface area contributed by atoms with Gasteiger partial charge in [0, 0.05) is 25.2 Å². The summed E-state index contributed by atoms with van der Waals surface area (Å²) in [6.07, 6.45) is 3.25. The lowest BCUT2D eigenvalue weighted by atomic mass is 10.2. The van der Waals surface area contributed by atoms with Crippen LogP contribution in [0.4, 0.5) is 10.8 Å². The number of carbonyl (C=O) groups is 1. The molecule has 0 bridgehead atoms. The normalized spacial score (nSPS) is 16.0. The third-order valence-corrected chi connectivity index (χ3v) is 4.77. The Balaban J connectivity index is 1.89. The molecule has 0 spiro atoms. The third-order valence-electron chi connectivity index (χ3n) is 3.95. The second-order valence-electron chi connectivity index (χ2n) is 5.68. The van der Waals surface area contributed by atoms with E-state index in [1.165, 1.54) is 11.5 Å². The molecule has 1 fully saturated rings. The molecule has 0 aromatic carbocycles. The van der Waals surface area contributed by atoms with E-state index in [0.717, 1.165) is 37.4 Å². The van der Waals surface area contributed by atoms with Crippen molar-refractivity contribution in [1.82, 2.24) is 14.6 Å². The molecule has 0 aliphatic heterocycles. The molecule has 6 nitrogen and oxygen atoms in total. The minimum absolute atomic E-state index is 0.110. The number of anilines is 2. The molecule has 1 saturated carbocycles. The van der Waals surface area contributed by atoms with E-state index in [4.69, 9.17) is 5.73 Å². The maximum Gasteiger partial charge on any atom is 0.258 e. The number of rotatable bonds is 8. The lowest BCUT2D eigenvalue weighted by Gasteiger charge is -2.23. The largest absolute Gasteiger partial charge is 0.382 e. The summed E-state index contributed by atoms with van der Waals surface area (Å²) in [6, 6.07) is 0.872. The predicted molar refractivity (Wildman–Crippen MR) is 87.9 cm³/mol. The van der Waals surface area contributed by atoms with E-state index in [9.17, 15) is 4.79 Å². The fraction of sp³-hybridized carbons (Fsp3) is 0.714. The molecule has 7 heteroatoms. The SMILES string of the molecule is CCC(C)N(C)CCNc1snc(N)c1C(=O)NC1CC1. The molecule has 0 saturated heterocycles.